The van der Waals surface area contributed by atoms with Crippen LogP contribution in [0.1, 0.15) is 52.4 Å². The molecule has 0 bridgehead atoms. The molecule has 2 rings (SSSR count). The van der Waals surface area contributed by atoms with E-state index in [0.717, 1.165) is 12.3 Å². The summed E-state index contributed by atoms with van der Waals surface area (Å²) in [6, 6.07) is 0.526. The molecule has 2 fully saturated rings. The molecule has 1 saturated carbocycles. The van der Waals surface area contributed by atoms with E-state index < -0.39 is 9.84 Å². The first-order chi connectivity index (χ1) is 7.89. The van der Waals surface area contributed by atoms with Gasteiger partial charge >= 0.3 is 0 Å². The predicted octanol–water partition coefficient (Wildman–Crippen LogP) is 2.12. The minimum absolute atomic E-state index is 0.170. The molecule has 2 aliphatic rings. The molecule has 1 saturated heterocycles. The molecule has 0 aromatic rings. The summed E-state index contributed by atoms with van der Waals surface area (Å²) in [5.74, 6) is 1.52. The van der Waals surface area contributed by atoms with Gasteiger partial charge in [-0.05, 0) is 38.5 Å². The number of hydrogen-bond donors (Lipinski definition) is 1. The van der Waals surface area contributed by atoms with E-state index in [2.05, 4.69) is 19.2 Å². The molecular weight excluding hydrogens is 234 g/mol. The molecule has 1 N–H and O–H groups in total. The SMILES string of the molecule is CC1CCCC(NC2(C)CCS(=O)(=O)C2)CC1. The molecule has 0 aromatic heterocycles. The van der Waals surface area contributed by atoms with Gasteiger partial charge in [-0.25, -0.2) is 8.42 Å². The average Bonchev–Trinajstić information content (AvgIpc) is 2.37. The Balaban J connectivity index is 1.92. The highest BCUT2D eigenvalue weighted by Gasteiger charge is 2.39. The zero-order valence-electron chi connectivity index (χ0n) is 11.0. The van der Waals surface area contributed by atoms with E-state index in [-0.39, 0.29) is 5.54 Å². The van der Waals surface area contributed by atoms with Gasteiger partial charge < -0.3 is 5.32 Å². The summed E-state index contributed by atoms with van der Waals surface area (Å²) < 4.78 is 23.1. The van der Waals surface area contributed by atoms with Crippen molar-refractivity contribution in [1.82, 2.24) is 5.32 Å². The van der Waals surface area contributed by atoms with Crippen molar-refractivity contribution in [3.8, 4) is 0 Å². The number of sulfone groups is 1. The summed E-state index contributed by atoms with van der Waals surface area (Å²) in [6.07, 6.45) is 7.08. The van der Waals surface area contributed by atoms with Crippen molar-refractivity contribution in [2.45, 2.75) is 64.0 Å². The first-order valence-corrected chi connectivity index (χ1v) is 8.69. The molecule has 0 aromatic carbocycles. The van der Waals surface area contributed by atoms with Crippen molar-refractivity contribution >= 4 is 9.84 Å². The largest absolute Gasteiger partial charge is 0.308 e. The highest BCUT2D eigenvalue weighted by molar-refractivity contribution is 7.91. The van der Waals surface area contributed by atoms with Gasteiger partial charge in [-0.2, -0.15) is 0 Å². The highest BCUT2D eigenvalue weighted by Crippen LogP contribution is 2.28. The van der Waals surface area contributed by atoms with E-state index in [1.54, 1.807) is 0 Å². The van der Waals surface area contributed by atoms with Crippen molar-refractivity contribution in [1.29, 1.82) is 0 Å². The van der Waals surface area contributed by atoms with Crippen LogP contribution in [0.3, 0.4) is 0 Å². The third-order valence-corrected chi connectivity index (χ3v) is 6.22. The van der Waals surface area contributed by atoms with Crippen molar-refractivity contribution in [2.75, 3.05) is 11.5 Å². The van der Waals surface area contributed by atoms with Crippen molar-refractivity contribution in [2.24, 2.45) is 5.92 Å². The van der Waals surface area contributed by atoms with E-state index >= 15 is 0 Å². The van der Waals surface area contributed by atoms with E-state index in [0.29, 0.717) is 17.5 Å². The Labute approximate surface area is 105 Å². The number of hydrogen-bond acceptors (Lipinski definition) is 3. The van der Waals surface area contributed by atoms with Gasteiger partial charge in [-0.1, -0.05) is 19.8 Å². The van der Waals surface area contributed by atoms with E-state index in [1.807, 2.05) is 0 Å². The lowest BCUT2D eigenvalue weighted by Crippen LogP contribution is -2.49. The standard InChI is InChI=1S/C13H25NO2S/c1-11-4-3-5-12(7-6-11)14-13(2)8-9-17(15,16)10-13/h11-12,14H,3-10H2,1-2H3. The molecule has 1 aliphatic heterocycles. The van der Waals surface area contributed by atoms with Gasteiger partial charge in [0.25, 0.3) is 0 Å². The zero-order valence-corrected chi connectivity index (χ0v) is 11.9. The van der Waals surface area contributed by atoms with Crippen LogP contribution in [0.5, 0.6) is 0 Å². The lowest BCUT2D eigenvalue weighted by molar-refractivity contribution is 0.316. The second-order valence-electron chi connectivity index (χ2n) is 6.36. The third kappa shape index (κ3) is 3.68. The lowest BCUT2D eigenvalue weighted by atomic mass is 9.97. The molecule has 0 amide bonds. The molecule has 3 atom stereocenters. The van der Waals surface area contributed by atoms with Gasteiger partial charge in [0.2, 0.25) is 0 Å². The molecule has 0 radical (unpaired) electrons. The van der Waals surface area contributed by atoms with Crippen molar-refractivity contribution in [3.05, 3.63) is 0 Å². The zero-order chi connectivity index (χ0) is 12.5. The Morgan fingerprint density at radius 3 is 2.59 bits per heavy atom. The van der Waals surface area contributed by atoms with E-state index in [1.165, 1.54) is 32.1 Å². The third-order valence-electron chi connectivity index (χ3n) is 4.31. The van der Waals surface area contributed by atoms with Crippen LogP contribution in [0.4, 0.5) is 0 Å². The van der Waals surface area contributed by atoms with Crippen LogP contribution in [0.15, 0.2) is 0 Å². The first kappa shape index (κ1) is 13.3. The molecular formula is C13H25NO2S. The number of rotatable bonds is 2. The van der Waals surface area contributed by atoms with Gasteiger partial charge in [0.15, 0.2) is 9.84 Å². The fourth-order valence-corrected chi connectivity index (χ4v) is 5.35. The first-order valence-electron chi connectivity index (χ1n) is 6.87. The fraction of sp³-hybridized carbons (Fsp3) is 1.00. The Bertz CT molecular complexity index is 366. The van der Waals surface area contributed by atoms with Gasteiger partial charge in [0, 0.05) is 11.6 Å². The Kier molecular flexibility index (Phi) is 3.83. The molecule has 3 unspecified atom stereocenters. The fourth-order valence-electron chi connectivity index (χ4n) is 3.25. The summed E-state index contributed by atoms with van der Waals surface area (Å²) in [6.45, 7) is 4.40. The van der Waals surface area contributed by atoms with Crippen LogP contribution >= 0.6 is 0 Å². The molecule has 17 heavy (non-hydrogen) atoms. The predicted molar refractivity (Wildman–Crippen MR) is 70.8 cm³/mol. The van der Waals surface area contributed by atoms with Crippen LogP contribution in [0.25, 0.3) is 0 Å². The Morgan fingerprint density at radius 1 is 1.18 bits per heavy atom. The minimum atomic E-state index is -2.79. The maximum atomic E-state index is 11.6. The quantitative estimate of drug-likeness (QED) is 0.773. The summed E-state index contributed by atoms with van der Waals surface area (Å²) >= 11 is 0. The average molecular weight is 259 g/mol. The van der Waals surface area contributed by atoms with Crippen LogP contribution in [0.2, 0.25) is 0 Å². The molecule has 4 heteroatoms. The minimum Gasteiger partial charge on any atom is -0.308 e. The van der Waals surface area contributed by atoms with Crippen LogP contribution < -0.4 is 5.32 Å². The van der Waals surface area contributed by atoms with Gasteiger partial charge in [0.05, 0.1) is 11.5 Å². The monoisotopic (exact) mass is 259 g/mol. The van der Waals surface area contributed by atoms with Gasteiger partial charge in [-0.15, -0.1) is 0 Å². The van der Waals surface area contributed by atoms with Crippen LogP contribution in [-0.4, -0.2) is 31.5 Å². The van der Waals surface area contributed by atoms with Crippen LogP contribution in [0, 0.1) is 5.92 Å². The molecule has 1 heterocycles. The summed E-state index contributed by atoms with van der Waals surface area (Å²) in [7, 11) is -2.79. The Morgan fingerprint density at radius 2 is 1.94 bits per heavy atom. The normalized spacial score (nSPS) is 42.2. The lowest BCUT2D eigenvalue weighted by Gasteiger charge is -2.30. The van der Waals surface area contributed by atoms with Crippen molar-refractivity contribution in [3.63, 3.8) is 0 Å². The molecule has 1 aliphatic carbocycles. The smallest absolute Gasteiger partial charge is 0.152 e. The van der Waals surface area contributed by atoms with Crippen molar-refractivity contribution < 1.29 is 8.42 Å². The maximum absolute atomic E-state index is 11.6. The van der Waals surface area contributed by atoms with Gasteiger partial charge in [0.1, 0.15) is 0 Å². The highest BCUT2D eigenvalue weighted by atomic mass is 32.2. The second-order valence-corrected chi connectivity index (χ2v) is 8.54. The topological polar surface area (TPSA) is 46.2 Å². The summed E-state index contributed by atoms with van der Waals surface area (Å²) in [5, 5.41) is 3.63. The van der Waals surface area contributed by atoms with Gasteiger partial charge in [-0.3, -0.25) is 0 Å². The second kappa shape index (κ2) is 4.88. The molecule has 3 nitrogen and oxygen atoms in total. The van der Waals surface area contributed by atoms with E-state index in [4.69, 9.17) is 0 Å². The Hall–Kier alpha value is -0.0900. The molecule has 0 spiro atoms. The number of nitrogens with one attached hydrogen (secondary N) is 1. The van der Waals surface area contributed by atoms with Crippen LogP contribution in [-0.2, 0) is 9.84 Å². The summed E-state index contributed by atoms with van der Waals surface area (Å²) in [5.41, 5.74) is -0.170. The molecule has 100 valence electrons. The van der Waals surface area contributed by atoms with E-state index in [9.17, 15) is 8.42 Å². The maximum Gasteiger partial charge on any atom is 0.152 e. The summed E-state index contributed by atoms with van der Waals surface area (Å²) in [4.78, 5) is 0.